The molecule has 3 rings (SSSR count). The molecule has 0 unspecified atom stereocenters. The molecule has 0 radical (unpaired) electrons. The van der Waals surface area contributed by atoms with Crippen molar-refractivity contribution in [2.75, 3.05) is 19.6 Å². The van der Waals surface area contributed by atoms with Gasteiger partial charge in [-0.15, -0.1) is 24.0 Å². The van der Waals surface area contributed by atoms with Gasteiger partial charge in [0, 0.05) is 38.4 Å². The van der Waals surface area contributed by atoms with Crippen LogP contribution in [0, 0.1) is 5.82 Å². The van der Waals surface area contributed by atoms with Crippen LogP contribution in [-0.4, -0.2) is 41.5 Å². The minimum absolute atomic E-state index is 0. The molecular formula is C21H29FIN5. The fraction of sp³-hybridized carbons (Fsp3) is 0.429. The highest BCUT2D eigenvalue weighted by Gasteiger charge is 2.20. The van der Waals surface area contributed by atoms with Gasteiger partial charge in [0.25, 0.3) is 0 Å². The van der Waals surface area contributed by atoms with Crippen LogP contribution in [0.15, 0.2) is 53.7 Å². The highest BCUT2D eigenvalue weighted by molar-refractivity contribution is 14.0. The molecule has 7 heteroatoms. The summed E-state index contributed by atoms with van der Waals surface area (Å²) in [5.74, 6) is 0.412. The summed E-state index contributed by atoms with van der Waals surface area (Å²) in [6.07, 6.45) is 3.72. The van der Waals surface area contributed by atoms with Crippen molar-refractivity contribution in [3.05, 3.63) is 65.7 Å². The summed E-state index contributed by atoms with van der Waals surface area (Å²) in [6, 6.07) is 14.0. The van der Waals surface area contributed by atoms with E-state index in [1.807, 2.05) is 6.92 Å². The number of benzene rings is 1. The first-order valence-corrected chi connectivity index (χ1v) is 9.65. The standard InChI is InChI=1S/C21H28FN5.HI/c1-2-23-21(25-15-20-19(22)9-6-12-24-20)26-18-10-13-27(14-11-18)16-17-7-4-3-5-8-17;/h3-9,12,18H,2,10-11,13-16H2,1H3,(H2,23,25,26);1H. The third-order valence-electron chi connectivity index (χ3n) is 4.74. The highest BCUT2D eigenvalue weighted by atomic mass is 127. The number of aromatic nitrogens is 1. The second kappa shape index (κ2) is 12.0. The zero-order valence-corrected chi connectivity index (χ0v) is 18.6. The molecular weight excluding hydrogens is 468 g/mol. The molecule has 5 nitrogen and oxygen atoms in total. The maximum absolute atomic E-state index is 13.7. The van der Waals surface area contributed by atoms with Crippen molar-refractivity contribution < 1.29 is 4.39 Å². The topological polar surface area (TPSA) is 52.6 Å². The zero-order chi connectivity index (χ0) is 18.9. The Labute approximate surface area is 183 Å². The minimum Gasteiger partial charge on any atom is -0.357 e. The van der Waals surface area contributed by atoms with Gasteiger partial charge in [-0.3, -0.25) is 9.88 Å². The predicted molar refractivity (Wildman–Crippen MR) is 122 cm³/mol. The summed E-state index contributed by atoms with van der Waals surface area (Å²) in [6.45, 7) is 6.14. The third-order valence-corrected chi connectivity index (χ3v) is 4.74. The first-order chi connectivity index (χ1) is 13.2. The van der Waals surface area contributed by atoms with E-state index in [1.54, 1.807) is 12.3 Å². The first-order valence-electron chi connectivity index (χ1n) is 9.65. The number of rotatable bonds is 6. The molecule has 28 heavy (non-hydrogen) atoms. The van der Waals surface area contributed by atoms with Crippen LogP contribution in [0.1, 0.15) is 31.0 Å². The molecule has 1 saturated heterocycles. The van der Waals surface area contributed by atoms with E-state index in [2.05, 4.69) is 55.8 Å². The summed E-state index contributed by atoms with van der Waals surface area (Å²) >= 11 is 0. The van der Waals surface area contributed by atoms with Gasteiger partial charge in [-0.25, -0.2) is 9.38 Å². The lowest BCUT2D eigenvalue weighted by molar-refractivity contribution is 0.198. The molecule has 2 aromatic rings. The summed E-state index contributed by atoms with van der Waals surface area (Å²) < 4.78 is 13.7. The van der Waals surface area contributed by atoms with Crippen molar-refractivity contribution in [3.63, 3.8) is 0 Å². The first kappa shape index (κ1) is 22.5. The van der Waals surface area contributed by atoms with Gasteiger partial charge < -0.3 is 10.6 Å². The lowest BCUT2D eigenvalue weighted by Gasteiger charge is -2.33. The number of nitrogens with zero attached hydrogens (tertiary/aromatic N) is 3. The van der Waals surface area contributed by atoms with Crippen LogP contribution < -0.4 is 10.6 Å². The smallest absolute Gasteiger partial charge is 0.191 e. The summed E-state index contributed by atoms with van der Waals surface area (Å²) in [4.78, 5) is 11.1. The third kappa shape index (κ3) is 7.01. The molecule has 0 spiro atoms. The van der Waals surface area contributed by atoms with Gasteiger partial charge in [0.15, 0.2) is 5.96 Å². The summed E-state index contributed by atoms with van der Waals surface area (Å²) in [5.41, 5.74) is 1.73. The van der Waals surface area contributed by atoms with Gasteiger partial charge in [0.05, 0.1) is 12.2 Å². The Morgan fingerprint density at radius 1 is 1.18 bits per heavy atom. The lowest BCUT2D eigenvalue weighted by atomic mass is 10.0. The van der Waals surface area contributed by atoms with Crippen molar-refractivity contribution in [1.29, 1.82) is 0 Å². The maximum Gasteiger partial charge on any atom is 0.191 e. The SMILES string of the molecule is CCNC(=NCc1ncccc1F)NC1CCN(Cc2ccccc2)CC1.I. The number of piperidine rings is 1. The van der Waals surface area contributed by atoms with Gasteiger partial charge in [0.1, 0.15) is 5.82 Å². The average Bonchev–Trinajstić information content (AvgIpc) is 2.70. The Bertz CT molecular complexity index is 733. The molecule has 0 aliphatic carbocycles. The average molecular weight is 497 g/mol. The quantitative estimate of drug-likeness (QED) is 0.364. The van der Waals surface area contributed by atoms with E-state index in [0.29, 0.717) is 11.7 Å². The van der Waals surface area contributed by atoms with E-state index < -0.39 is 0 Å². The lowest BCUT2D eigenvalue weighted by Crippen LogP contribution is -2.48. The number of hydrogen-bond acceptors (Lipinski definition) is 3. The second-order valence-electron chi connectivity index (χ2n) is 6.81. The number of guanidine groups is 1. The Hall–Kier alpha value is -1.74. The number of halogens is 2. The monoisotopic (exact) mass is 497 g/mol. The van der Waals surface area contributed by atoms with E-state index in [4.69, 9.17) is 0 Å². The minimum atomic E-state index is -0.314. The van der Waals surface area contributed by atoms with Crippen LogP contribution in [0.5, 0.6) is 0 Å². The van der Waals surface area contributed by atoms with Crippen molar-refractivity contribution >= 4 is 29.9 Å². The van der Waals surface area contributed by atoms with Gasteiger partial charge >= 0.3 is 0 Å². The van der Waals surface area contributed by atoms with E-state index >= 15 is 0 Å². The molecule has 1 aromatic carbocycles. The van der Waals surface area contributed by atoms with E-state index in [-0.39, 0.29) is 36.3 Å². The maximum atomic E-state index is 13.7. The Morgan fingerprint density at radius 3 is 2.61 bits per heavy atom. The molecule has 1 fully saturated rings. The molecule has 152 valence electrons. The van der Waals surface area contributed by atoms with Crippen LogP contribution in [0.2, 0.25) is 0 Å². The van der Waals surface area contributed by atoms with Crippen molar-refractivity contribution in [2.24, 2.45) is 4.99 Å². The van der Waals surface area contributed by atoms with Crippen LogP contribution in [0.4, 0.5) is 4.39 Å². The molecule has 0 amide bonds. The van der Waals surface area contributed by atoms with Crippen molar-refractivity contribution in [1.82, 2.24) is 20.5 Å². The Morgan fingerprint density at radius 2 is 1.93 bits per heavy atom. The van der Waals surface area contributed by atoms with Crippen molar-refractivity contribution in [3.8, 4) is 0 Å². The van der Waals surface area contributed by atoms with E-state index in [0.717, 1.165) is 45.0 Å². The van der Waals surface area contributed by atoms with Crippen LogP contribution in [0.3, 0.4) is 0 Å². The van der Waals surface area contributed by atoms with Crippen LogP contribution >= 0.6 is 24.0 Å². The van der Waals surface area contributed by atoms with E-state index in [1.165, 1.54) is 11.6 Å². The fourth-order valence-electron chi connectivity index (χ4n) is 3.28. The van der Waals surface area contributed by atoms with Gasteiger partial charge in [-0.2, -0.15) is 0 Å². The van der Waals surface area contributed by atoms with Gasteiger partial charge in [0.2, 0.25) is 0 Å². The Kier molecular flexibility index (Phi) is 9.63. The molecule has 2 heterocycles. The number of aliphatic imine (C=N–C) groups is 1. The molecule has 0 bridgehead atoms. The Balaban J connectivity index is 0.00000280. The number of likely N-dealkylation sites (tertiary alicyclic amines) is 1. The molecule has 1 aromatic heterocycles. The van der Waals surface area contributed by atoms with Crippen LogP contribution in [0.25, 0.3) is 0 Å². The number of nitrogens with one attached hydrogen (secondary N) is 2. The van der Waals surface area contributed by atoms with Gasteiger partial charge in [-0.05, 0) is 37.5 Å². The van der Waals surface area contributed by atoms with Crippen LogP contribution in [-0.2, 0) is 13.1 Å². The largest absolute Gasteiger partial charge is 0.357 e. The summed E-state index contributed by atoms with van der Waals surface area (Å²) in [5, 5.41) is 6.74. The normalized spacial score (nSPS) is 15.7. The molecule has 1 aliphatic heterocycles. The number of hydrogen-bond donors (Lipinski definition) is 2. The zero-order valence-electron chi connectivity index (χ0n) is 16.3. The number of pyridine rings is 1. The predicted octanol–water partition coefficient (Wildman–Crippen LogP) is 3.56. The van der Waals surface area contributed by atoms with E-state index in [9.17, 15) is 4.39 Å². The molecule has 0 saturated carbocycles. The molecule has 0 atom stereocenters. The highest BCUT2D eigenvalue weighted by Crippen LogP contribution is 2.14. The van der Waals surface area contributed by atoms with Gasteiger partial charge in [-0.1, -0.05) is 30.3 Å². The summed E-state index contributed by atoms with van der Waals surface area (Å²) in [7, 11) is 0. The molecule has 1 aliphatic rings. The van der Waals surface area contributed by atoms with Crippen molar-refractivity contribution in [2.45, 2.75) is 38.9 Å². The molecule has 2 N–H and O–H groups in total. The second-order valence-corrected chi connectivity index (χ2v) is 6.81. The fourth-order valence-corrected chi connectivity index (χ4v) is 3.28.